The van der Waals surface area contributed by atoms with Crippen LogP contribution in [0.4, 0.5) is 5.69 Å². The van der Waals surface area contributed by atoms with E-state index in [0.717, 1.165) is 42.7 Å². The van der Waals surface area contributed by atoms with Gasteiger partial charge in [0.2, 0.25) is 5.91 Å². The van der Waals surface area contributed by atoms with Crippen molar-refractivity contribution in [1.29, 1.82) is 0 Å². The molecule has 0 bridgehead atoms. The van der Waals surface area contributed by atoms with Crippen molar-refractivity contribution in [2.24, 2.45) is 0 Å². The maximum atomic E-state index is 12.8. The van der Waals surface area contributed by atoms with Crippen molar-refractivity contribution in [2.45, 2.75) is 25.5 Å². The molecular weight excluding hydrogens is 420 g/mol. The van der Waals surface area contributed by atoms with Gasteiger partial charge in [-0.1, -0.05) is 30.0 Å². The smallest absolute Gasteiger partial charge is 0.233 e. The van der Waals surface area contributed by atoms with Gasteiger partial charge in [0.25, 0.3) is 0 Å². The first kappa shape index (κ1) is 22.4. The molecule has 0 N–H and O–H groups in total. The Labute approximate surface area is 194 Å². The summed E-state index contributed by atoms with van der Waals surface area (Å²) in [5.74, 6) is 0.437. The van der Waals surface area contributed by atoms with Crippen molar-refractivity contribution < 1.29 is 9.53 Å². The van der Waals surface area contributed by atoms with Gasteiger partial charge in [0.15, 0.2) is 5.16 Å². The van der Waals surface area contributed by atoms with Crippen LogP contribution in [-0.4, -0.2) is 59.5 Å². The van der Waals surface area contributed by atoms with Gasteiger partial charge in [-0.2, -0.15) is 0 Å². The molecule has 6 nitrogen and oxygen atoms in total. The average molecular weight is 451 g/mol. The maximum absolute atomic E-state index is 12.8. The Balaban J connectivity index is 1.33. The molecule has 1 aliphatic rings. The van der Waals surface area contributed by atoms with E-state index < -0.39 is 0 Å². The molecule has 0 spiro atoms. The molecular formula is C25H30N4O2S. The molecule has 0 unspecified atom stereocenters. The molecule has 1 aliphatic heterocycles. The summed E-state index contributed by atoms with van der Waals surface area (Å²) in [5, 5.41) is 0.826. The Morgan fingerprint density at radius 1 is 1.06 bits per heavy atom. The molecule has 1 aromatic heterocycles. The van der Waals surface area contributed by atoms with Crippen molar-refractivity contribution in [3.8, 4) is 5.69 Å². The number of carbonyl (C=O) groups excluding carboxylic acids is 1. The van der Waals surface area contributed by atoms with E-state index in [4.69, 9.17) is 4.74 Å². The SMILES string of the molecule is Cc1cc(C)cc(-n2ccnc2SCC(=O)N(C)Cc2ccc(N3CCOCC3)cc2)c1. The summed E-state index contributed by atoms with van der Waals surface area (Å²) in [6.07, 6.45) is 3.73. The highest BCUT2D eigenvalue weighted by Crippen LogP contribution is 2.23. The zero-order valence-electron chi connectivity index (χ0n) is 19.0. The van der Waals surface area contributed by atoms with Gasteiger partial charge >= 0.3 is 0 Å². The third-order valence-corrected chi connectivity index (χ3v) is 6.53. The van der Waals surface area contributed by atoms with Crippen LogP contribution in [0, 0.1) is 13.8 Å². The predicted molar refractivity (Wildman–Crippen MR) is 130 cm³/mol. The number of carbonyl (C=O) groups is 1. The first-order chi connectivity index (χ1) is 15.5. The van der Waals surface area contributed by atoms with Crippen LogP contribution < -0.4 is 4.90 Å². The fourth-order valence-corrected chi connectivity index (χ4v) is 4.83. The summed E-state index contributed by atoms with van der Waals surface area (Å²) < 4.78 is 7.47. The zero-order valence-corrected chi connectivity index (χ0v) is 19.8. The molecule has 7 heteroatoms. The lowest BCUT2D eigenvalue weighted by molar-refractivity contribution is -0.127. The molecule has 2 aromatic carbocycles. The fraction of sp³-hybridized carbons (Fsp3) is 0.360. The van der Waals surface area contributed by atoms with Gasteiger partial charge in [-0.15, -0.1) is 0 Å². The molecule has 1 amide bonds. The molecule has 0 radical (unpaired) electrons. The van der Waals surface area contributed by atoms with E-state index in [2.05, 4.69) is 66.2 Å². The average Bonchev–Trinajstić information content (AvgIpc) is 3.26. The second-order valence-corrected chi connectivity index (χ2v) is 9.17. The summed E-state index contributed by atoms with van der Waals surface area (Å²) in [5.41, 5.74) is 5.82. The van der Waals surface area contributed by atoms with Crippen LogP contribution in [0.1, 0.15) is 16.7 Å². The maximum Gasteiger partial charge on any atom is 0.233 e. The van der Waals surface area contributed by atoms with Gasteiger partial charge in [-0.05, 0) is 54.8 Å². The Morgan fingerprint density at radius 2 is 1.75 bits per heavy atom. The highest BCUT2D eigenvalue weighted by molar-refractivity contribution is 7.99. The molecule has 4 rings (SSSR count). The number of aryl methyl sites for hydroxylation is 2. The van der Waals surface area contributed by atoms with Gasteiger partial charge in [-0.25, -0.2) is 4.98 Å². The fourth-order valence-electron chi connectivity index (χ4n) is 3.92. The van der Waals surface area contributed by atoms with Crippen LogP contribution in [-0.2, 0) is 16.1 Å². The van der Waals surface area contributed by atoms with Crippen LogP contribution in [0.2, 0.25) is 0 Å². The van der Waals surface area contributed by atoms with Gasteiger partial charge in [0.05, 0.1) is 19.0 Å². The molecule has 1 fully saturated rings. The van der Waals surface area contributed by atoms with Crippen molar-refractivity contribution in [3.05, 3.63) is 71.5 Å². The molecule has 32 heavy (non-hydrogen) atoms. The van der Waals surface area contributed by atoms with Crippen molar-refractivity contribution in [3.63, 3.8) is 0 Å². The minimum absolute atomic E-state index is 0.0854. The molecule has 168 valence electrons. The van der Waals surface area contributed by atoms with E-state index in [0.29, 0.717) is 12.3 Å². The summed E-state index contributed by atoms with van der Waals surface area (Å²) in [6, 6.07) is 14.9. The van der Waals surface area contributed by atoms with Crippen LogP contribution in [0.25, 0.3) is 5.69 Å². The third kappa shape index (κ3) is 5.53. The number of rotatable bonds is 7. The third-order valence-electron chi connectivity index (χ3n) is 5.57. The Hall–Kier alpha value is -2.77. The van der Waals surface area contributed by atoms with Gasteiger partial charge < -0.3 is 14.5 Å². The Bertz CT molecular complexity index is 1040. The number of ether oxygens (including phenoxy) is 1. The quantitative estimate of drug-likeness (QED) is 0.508. The first-order valence-corrected chi connectivity index (χ1v) is 11.9. The largest absolute Gasteiger partial charge is 0.378 e. The number of benzene rings is 2. The number of imidazole rings is 1. The van der Waals surface area contributed by atoms with Gasteiger partial charge in [0.1, 0.15) is 0 Å². The summed E-state index contributed by atoms with van der Waals surface area (Å²) in [4.78, 5) is 21.3. The summed E-state index contributed by atoms with van der Waals surface area (Å²) in [7, 11) is 1.86. The number of hydrogen-bond acceptors (Lipinski definition) is 5. The molecule has 2 heterocycles. The topological polar surface area (TPSA) is 50.6 Å². The van der Waals surface area contributed by atoms with Crippen molar-refractivity contribution >= 4 is 23.4 Å². The van der Waals surface area contributed by atoms with E-state index in [1.54, 1.807) is 11.1 Å². The lowest BCUT2D eigenvalue weighted by Crippen LogP contribution is -2.36. The van der Waals surface area contributed by atoms with E-state index in [-0.39, 0.29) is 5.91 Å². The Kier molecular flexibility index (Phi) is 7.17. The van der Waals surface area contributed by atoms with Crippen LogP contribution >= 0.6 is 11.8 Å². The second-order valence-electron chi connectivity index (χ2n) is 8.23. The minimum atomic E-state index is 0.0854. The van der Waals surface area contributed by atoms with E-state index in [1.807, 2.05) is 17.8 Å². The normalized spacial score (nSPS) is 13.9. The van der Waals surface area contributed by atoms with Crippen LogP contribution in [0.3, 0.4) is 0 Å². The predicted octanol–water partition coefficient (Wildman–Crippen LogP) is 4.08. The minimum Gasteiger partial charge on any atom is -0.378 e. The van der Waals surface area contributed by atoms with Gasteiger partial charge in [0, 0.05) is 50.5 Å². The number of aromatic nitrogens is 2. The highest BCUT2D eigenvalue weighted by atomic mass is 32.2. The molecule has 0 aliphatic carbocycles. The van der Waals surface area contributed by atoms with Crippen LogP contribution in [0.15, 0.2) is 60.0 Å². The number of nitrogens with zero attached hydrogens (tertiary/aromatic N) is 4. The molecule has 0 saturated carbocycles. The monoisotopic (exact) mass is 450 g/mol. The summed E-state index contributed by atoms with van der Waals surface area (Å²) >= 11 is 1.47. The standard InChI is InChI=1S/C25H30N4O2S/c1-19-14-20(2)16-23(15-19)29-9-8-26-25(29)32-18-24(30)27(3)17-21-4-6-22(7-5-21)28-10-12-31-13-11-28/h4-9,14-16H,10-13,17-18H2,1-3H3. The number of hydrogen-bond donors (Lipinski definition) is 0. The lowest BCUT2D eigenvalue weighted by Gasteiger charge is -2.29. The van der Waals surface area contributed by atoms with E-state index in [1.165, 1.54) is 28.6 Å². The lowest BCUT2D eigenvalue weighted by atomic mass is 10.1. The highest BCUT2D eigenvalue weighted by Gasteiger charge is 2.15. The van der Waals surface area contributed by atoms with E-state index >= 15 is 0 Å². The molecule has 0 atom stereocenters. The number of amides is 1. The second kappa shape index (κ2) is 10.2. The van der Waals surface area contributed by atoms with Gasteiger partial charge in [-0.3, -0.25) is 9.36 Å². The zero-order chi connectivity index (χ0) is 22.5. The van der Waals surface area contributed by atoms with Crippen molar-refractivity contribution in [2.75, 3.05) is 44.0 Å². The van der Waals surface area contributed by atoms with E-state index in [9.17, 15) is 4.79 Å². The first-order valence-electron chi connectivity index (χ1n) is 10.9. The number of anilines is 1. The number of thioether (sulfide) groups is 1. The molecule has 1 saturated heterocycles. The Morgan fingerprint density at radius 3 is 2.44 bits per heavy atom. The number of morpholine rings is 1. The van der Waals surface area contributed by atoms with Crippen LogP contribution in [0.5, 0.6) is 0 Å². The molecule has 3 aromatic rings. The van der Waals surface area contributed by atoms with Crippen molar-refractivity contribution in [1.82, 2.24) is 14.5 Å². The summed E-state index contributed by atoms with van der Waals surface area (Å²) in [6.45, 7) is 8.17.